The highest BCUT2D eigenvalue weighted by Gasteiger charge is 2.10. The number of halogens is 2. The number of nitrogens with zero attached hydrogens (tertiary/aromatic N) is 2. The molecule has 1 amide bonds. The number of anilines is 1. The highest BCUT2D eigenvalue weighted by Crippen LogP contribution is 2.20. The van der Waals surface area contributed by atoms with Gasteiger partial charge in [-0.3, -0.25) is 9.48 Å². The van der Waals surface area contributed by atoms with Crippen LogP contribution >= 0.6 is 0 Å². The predicted molar refractivity (Wildman–Crippen MR) is 74.4 cm³/mol. The molecule has 1 aromatic heterocycles. The van der Waals surface area contributed by atoms with E-state index in [1.165, 1.54) is 12.1 Å². The first-order valence-corrected chi connectivity index (χ1v) is 6.48. The van der Waals surface area contributed by atoms with E-state index in [0.29, 0.717) is 17.9 Å². The Morgan fingerprint density at radius 1 is 1.38 bits per heavy atom. The van der Waals surface area contributed by atoms with Gasteiger partial charge in [-0.2, -0.15) is 5.10 Å². The number of primary amides is 1. The third-order valence-electron chi connectivity index (χ3n) is 2.98. The van der Waals surface area contributed by atoms with Crippen molar-refractivity contribution < 1.29 is 13.6 Å². The molecule has 0 aliphatic rings. The first kappa shape index (κ1) is 15.0. The van der Waals surface area contributed by atoms with Crippen LogP contribution in [-0.2, 0) is 11.3 Å². The fraction of sp³-hybridized carbons (Fsp3) is 0.286. The van der Waals surface area contributed by atoms with E-state index in [4.69, 9.17) is 5.73 Å². The van der Waals surface area contributed by atoms with Crippen molar-refractivity contribution in [3.63, 3.8) is 0 Å². The number of nitrogens with two attached hydrogens (primary N) is 1. The molecule has 112 valence electrons. The van der Waals surface area contributed by atoms with Crippen LogP contribution in [0.5, 0.6) is 0 Å². The van der Waals surface area contributed by atoms with Crippen LogP contribution in [0.3, 0.4) is 0 Å². The maximum atomic E-state index is 13.2. The van der Waals surface area contributed by atoms with Crippen molar-refractivity contribution in [1.82, 2.24) is 9.78 Å². The Hall–Kier alpha value is -2.44. The second-order valence-corrected chi connectivity index (χ2v) is 4.75. The Bertz CT molecular complexity index is 621. The maximum absolute atomic E-state index is 13.2. The summed E-state index contributed by atoms with van der Waals surface area (Å²) in [5.74, 6) is -1.09. The zero-order valence-electron chi connectivity index (χ0n) is 11.5. The highest BCUT2D eigenvalue weighted by molar-refractivity contribution is 5.73. The van der Waals surface area contributed by atoms with Crippen LogP contribution in [0, 0.1) is 11.6 Å². The summed E-state index contributed by atoms with van der Waals surface area (Å²) < 4.78 is 27.9. The van der Waals surface area contributed by atoms with Crippen LogP contribution < -0.4 is 11.1 Å². The summed E-state index contributed by atoms with van der Waals surface area (Å²) in [5, 5.41) is 7.24. The van der Waals surface area contributed by atoms with E-state index in [2.05, 4.69) is 10.4 Å². The van der Waals surface area contributed by atoms with Gasteiger partial charge in [0.15, 0.2) is 0 Å². The second kappa shape index (κ2) is 6.34. The van der Waals surface area contributed by atoms with E-state index in [0.717, 1.165) is 6.07 Å². The molecule has 0 fully saturated rings. The number of rotatable bonds is 6. The van der Waals surface area contributed by atoms with Crippen molar-refractivity contribution >= 4 is 11.7 Å². The Balaban J connectivity index is 2.02. The molecule has 1 atom stereocenters. The molecule has 7 heteroatoms. The minimum atomic E-state index is -0.620. The largest absolute Gasteiger partial charge is 0.370 e. The molecule has 1 heterocycles. The van der Waals surface area contributed by atoms with Crippen molar-refractivity contribution in [2.24, 2.45) is 5.73 Å². The van der Waals surface area contributed by atoms with Crippen LogP contribution in [-0.4, -0.2) is 15.7 Å². The number of carbonyl (C=O) groups is 1. The lowest BCUT2D eigenvalue weighted by atomic mass is 10.1. The van der Waals surface area contributed by atoms with Gasteiger partial charge in [0.25, 0.3) is 0 Å². The highest BCUT2D eigenvalue weighted by atomic mass is 19.1. The van der Waals surface area contributed by atoms with Crippen LogP contribution in [0.4, 0.5) is 14.6 Å². The summed E-state index contributed by atoms with van der Waals surface area (Å²) in [5.41, 5.74) is 5.55. The molecular formula is C14H16F2N4O. The normalized spacial score (nSPS) is 12.1. The van der Waals surface area contributed by atoms with Gasteiger partial charge in [-0.1, -0.05) is 0 Å². The molecule has 0 saturated heterocycles. The van der Waals surface area contributed by atoms with Gasteiger partial charge >= 0.3 is 0 Å². The molecular weight excluding hydrogens is 278 g/mol. The van der Waals surface area contributed by atoms with Gasteiger partial charge in [0.05, 0.1) is 6.04 Å². The first-order chi connectivity index (χ1) is 9.94. The standard InChI is InChI=1S/C14H16F2N4O/c1-9(10-6-11(15)8-12(16)7-10)18-14-3-5-20(19-14)4-2-13(17)21/h3,5-9H,2,4H2,1H3,(H2,17,21)(H,18,19). The molecule has 21 heavy (non-hydrogen) atoms. The third kappa shape index (κ3) is 4.27. The molecule has 2 rings (SSSR count). The van der Waals surface area contributed by atoms with Crippen molar-refractivity contribution in [2.45, 2.75) is 25.9 Å². The van der Waals surface area contributed by atoms with Crippen LogP contribution in [0.25, 0.3) is 0 Å². The fourth-order valence-corrected chi connectivity index (χ4v) is 1.92. The zero-order valence-corrected chi connectivity index (χ0v) is 11.5. The molecule has 0 saturated carbocycles. The van der Waals surface area contributed by atoms with Crippen LogP contribution in [0.1, 0.15) is 24.9 Å². The van der Waals surface area contributed by atoms with Gasteiger partial charge in [-0.15, -0.1) is 0 Å². The quantitative estimate of drug-likeness (QED) is 0.858. The summed E-state index contributed by atoms with van der Waals surface area (Å²) in [6, 6.07) is 4.77. The third-order valence-corrected chi connectivity index (χ3v) is 2.98. The lowest BCUT2D eigenvalue weighted by Crippen LogP contribution is -2.14. The Morgan fingerprint density at radius 2 is 2.05 bits per heavy atom. The number of carbonyl (C=O) groups excluding carboxylic acids is 1. The minimum absolute atomic E-state index is 0.200. The van der Waals surface area contributed by atoms with E-state index in [1.54, 1.807) is 23.9 Å². The average Bonchev–Trinajstić information content (AvgIpc) is 2.83. The molecule has 0 bridgehead atoms. The lowest BCUT2D eigenvalue weighted by Gasteiger charge is -2.13. The number of nitrogens with one attached hydrogen (secondary N) is 1. The van der Waals surface area contributed by atoms with Crippen molar-refractivity contribution in [3.05, 3.63) is 47.7 Å². The SMILES string of the molecule is CC(Nc1ccn(CCC(N)=O)n1)c1cc(F)cc(F)c1. The topological polar surface area (TPSA) is 72.9 Å². The van der Waals surface area contributed by atoms with Gasteiger partial charge in [0.2, 0.25) is 5.91 Å². The fourth-order valence-electron chi connectivity index (χ4n) is 1.92. The molecule has 2 aromatic rings. The van der Waals surface area contributed by atoms with Crippen molar-refractivity contribution in [1.29, 1.82) is 0 Å². The van der Waals surface area contributed by atoms with Gasteiger partial charge in [-0.05, 0) is 24.6 Å². The monoisotopic (exact) mass is 294 g/mol. The van der Waals surface area contributed by atoms with E-state index in [1.807, 2.05) is 0 Å². The number of hydrogen-bond donors (Lipinski definition) is 2. The molecule has 0 aliphatic carbocycles. The number of hydrogen-bond acceptors (Lipinski definition) is 3. The number of aromatic nitrogens is 2. The number of aryl methyl sites for hydroxylation is 1. The van der Waals surface area contributed by atoms with Gasteiger partial charge < -0.3 is 11.1 Å². The molecule has 0 radical (unpaired) electrons. The van der Waals surface area contributed by atoms with Gasteiger partial charge in [0, 0.05) is 31.3 Å². The van der Waals surface area contributed by atoms with E-state index >= 15 is 0 Å². The van der Waals surface area contributed by atoms with Crippen molar-refractivity contribution in [3.8, 4) is 0 Å². The molecule has 0 spiro atoms. The van der Waals surface area contributed by atoms with E-state index in [9.17, 15) is 13.6 Å². The zero-order chi connectivity index (χ0) is 15.4. The molecule has 5 nitrogen and oxygen atoms in total. The summed E-state index contributed by atoms with van der Waals surface area (Å²) in [7, 11) is 0. The Labute approximate surface area is 120 Å². The molecule has 3 N–H and O–H groups in total. The Kier molecular flexibility index (Phi) is 4.52. The minimum Gasteiger partial charge on any atom is -0.370 e. The first-order valence-electron chi connectivity index (χ1n) is 6.48. The summed E-state index contributed by atoms with van der Waals surface area (Å²) >= 11 is 0. The number of amides is 1. The Morgan fingerprint density at radius 3 is 2.67 bits per heavy atom. The number of benzene rings is 1. The maximum Gasteiger partial charge on any atom is 0.219 e. The molecule has 0 aliphatic heterocycles. The lowest BCUT2D eigenvalue weighted by molar-refractivity contribution is -0.118. The van der Waals surface area contributed by atoms with E-state index in [-0.39, 0.29) is 12.5 Å². The van der Waals surface area contributed by atoms with Crippen LogP contribution in [0.15, 0.2) is 30.5 Å². The smallest absolute Gasteiger partial charge is 0.219 e. The predicted octanol–water partition coefficient (Wildman–Crippen LogP) is 2.21. The van der Waals surface area contributed by atoms with Gasteiger partial charge in [-0.25, -0.2) is 8.78 Å². The van der Waals surface area contributed by atoms with E-state index < -0.39 is 17.5 Å². The molecule has 1 unspecified atom stereocenters. The summed E-state index contributed by atoms with van der Waals surface area (Å²) in [4.78, 5) is 10.7. The van der Waals surface area contributed by atoms with Gasteiger partial charge in [0.1, 0.15) is 17.5 Å². The van der Waals surface area contributed by atoms with Crippen LogP contribution in [0.2, 0.25) is 0 Å². The molecule has 1 aromatic carbocycles. The second-order valence-electron chi connectivity index (χ2n) is 4.75. The summed E-state index contributed by atoms with van der Waals surface area (Å²) in [6.45, 7) is 2.16. The average molecular weight is 294 g/mol. The summed E-state index contributed by atoms with van der Waals surface area (Å²) in [6.07, 6.45) is 1.90. The van der Waals surface area contributed by atoms with Crippen molar-refractivity contribution in [2.75, 3.05) is 5.32 Å².